The molecule has 18 heavy (non-hydrogen) atoms. The van der Waals surface area contributed by atoms with Crippen molar-refractivity contribution in [3.63, 3.8) is 0 Å². The minimum absolute atomic E-state index is 0.0976. The molecule has 0 amide bonds. The van der Waals surface area contributed by atoms with E-state index in [1.165, 1.54) is 25.7 Å². The van der Waals surface area contributed by atoms with Crippen LogP contribution in [0.4, 0.5) is 0 Å². The summed E-state index contributed by atoms with van der Waals surface area (Å²) in [4.78, 5) is 0. The number of nitrogen functional groups attached to an aromatic ring is 1. The highest BCUT2D eigenvalue weighted by Gasteiger charge is 2.39. The summed E-state index contributed by atoms with van der Waals surface area (Å²) < 4.78 is 5.88. The van der Waals surface area contributed by atoms with Crippen LogP contribution in [0.15, 0.2) is 24.3 Å². The van der Waals surface area contributed by atoms with E-state index < -0.39 is 0 Å². The van der Waals surface area contributed by atoms with Gasteiger partial charge < -0.3 is 10.5 Å². The van der Waals surface area contributed by atoms with E-state index in [4.69, 9.17) is 15.9 Å². The number of ether oxygens (including phenoxy) is 1. The molecule has 1 aromatic carbocycles. The van der Waals surface area contributed by atoms with Crippen LogP contribution in [-0.2, 0) is 0 Å². The summed E-state index contributed by atoms with van der Waals surface area (Å²) in [5.74, 6) is 3.54. The molecule has 96 valence electrons. The van der Waals surface area contributed by atoms with E-state index in [2.05, 4.69) is 0 Å². The predicted octanol–water partition coefficient (Wildman–Crippen LogP) is 2.79. The highest BCUT2D eigenvalue weighted by atomic mass is 16.5. The molecule has 1 aromatic rings. The normalized spacial score (nSPS) is 29.4. The minimum atomic E-state index is 0.0976. The van der Waals surface area contributed by atoms with Gasteiger partial charge in [0.15, 0.2) is 0 Å². The maximum Gasteiger partial charge on any atom is 0.122 e. The van der Waals surface area contributed by atoms with Gasteiger partial charge in [-0.1, -0.05) is 18.6 Å². The van der Waals surface area contributed by atoms with Crippen LogP contribution in [0.2, 0.25) is 0 Å². The zero-order chi connectivity index (χ0) is 12.5. The molecule has 3 N–H and O–H groups in total. The van der Waals surface area contributed by atoms with Crippen LogP contribution < -0.4 is 10.5 Å². The van der Waals surface area contributed by atoms with Gasteiger partial charge in [0.25, 0.3) is 0 Å². The SMILES string of the molecule is N=C(N)c1cccc(OCC2CC3CCC2C3)c1. The summed E-state index contributed by atoms with van der Waals surface area (Å²) in [6.07, 6.45) is 5.59. The fraction of sp³-hybridized carbons (Fsp3) is 0.533. The molecule has 0 spiro atoms. The van der Waals surface area contributed by atoms with Gasteiger partial charge in [-0.05, 0) is 49.1 Å². The first kappa shape index (κ1) is 11.6. The fourth-order valence-corrected chi connectivity index (χ4v) is 3.54. The highest BCUT2D eigenvalue weighted by molar-refractivity contribution is 5.95. The predicted molar refractivity (Wildman–Crippen MR) is 71.9 cm³/mol. The van der Waals surface area contributed by atoms with Gasteiger partial charge in [-0.2, -0.15) is 0 Å². The monoisotopic (exact) mass is 244 g/mol. The zero-order valence-corrected chi connectivity index (χ0v) is 10.6. The molecule has 0 aliphatic heterocycles. The molecular weight excluding hydrogens is 224 g/mol. The van der Waals surface area contributed by atoms with Crippen LogP contribution in [0.3, 0.4) is 0 Å². The molecule has 0 saturated heterocycles. The first-order valence-electron chi connectivity index (χ1n) is 6.79. The van der Waals surface area contributed by atoms with Crippen molar-refractivity contribution in [2.45, 2.75) is 25.7 Å². The molecular formula is C15H20N2O. The van der Waals surface area contributed by atoms with Crippen molar-refractivity contribution in [1.29, 1.82) is 5.41 Å². The van der Waals surface area contributed by atoms with Crippen LogP contribution >= 0.6 is 0 Å². The summed E-state index contributed by atoms with van der Waals surface area (Å²) in [6.45, 7) is 0.822. The summed E-state index contributed by atoms with van der Waals surface area (Å²) >= 11 is 0. The minimum Gasteiger partial charge on any atom is -0.493 e. The van der Waals surface area contributed by atoms with Gasteiger partial charge in [-0.3, -0.25) is 5.41 Å². The second-order valence-electron chi connectivity index (χ2n) is 5.69. The lowest BCUT2D eigenvalue weighted by Crippen LogP contribution is -2.18. The smallest absolute Gasteiger partial charge is 0.122 e. The number of benzene rings is 1. The van der Waals surface area contributed by atoms with Crippen molar-refractivity contribution in [3.8, 4) is 5.75 Å². The summed E-state index contributed by atoms with van der Waals surface area (Å²) in [7, 11) is 0. The zero-order valence-electron chi connectivity index (χ0n) is 10.6. The number of nitrogens with one attached hydrogen (secondary N) is 1. The highest BCUT2D eigenvalue weighted by Crippen LogP contribution is 2.48. The van der Waals surface area contributed by atoms with Gasteiger partial charge in [0, 0.05) is 5.56 Å². The Hall–Kier alpha value is -1.51. The Labute approximate surface area is 108 Å². The van der Waals surface area contributed by atoms with Crippen molar-refractivity contribution >= 4 is 5.84 Å². The molecule has 0 heterocycles. The van der Waals surface area contributed by atoms with Crippen molar-refractivity contribution in [2.75, 3.05) is 6.61 Å². The van der Waals surface area contributed by atoms with E-state index in [0.29, 0.717) is 0 Å². The Kier molecular flexibility index (Phi) is 2.98. The van der Waals surface area contributed by atoms with Crippen LogP contribution in [0, 0.1) is 23.2 Å². The molecule has 2 bridgehead atoms. The van der Waals surface area contributed by atoms with Gasteiger partial charge in [-0.15, -0.1) is 0 Å². The molecule has 2 fully saturated rings. The molecule has 2 aliphatic rings. The average molecular weight is 244 g/mol. The molecule has 3 atom stereocenters. The second kappa shape index (κ2) is 4.63. The van der Waals surface area contributed by atoms with Gasteiger partial charge in [0.05, 0.1) is 6.61 Å². The van der Waals surface area contributed by atoms with Gasteiger partial charge in [-0.25, -0.2) is 0 Å². The molecule has 3 nitrogen and oxygen atoms in total. The molecule has 3 heteroatoms. The largest absolute Gasteiger partial charge is 0.493 e. The Bertz CT molecular complexity index is 458. The lowest BCUT2D eigenvalue weighted by molar-refractivity contribution is 0.195. The Balaban J connectivity index is 1.60. The maximum atomic E-state index is 7.42. The third kappa shape index (κ3) is 2.22. The van der Waals surface area contributed by atoms with Crippen LogP contribution in [0.1, 0.15) is 31.2 Å². The standard InChI is InChI=1S/C15H20N2O/c16-15(17)12-2-1-3-14(8-12)18-9-13-7-10-4-5-11(13)6-10/h1-3,8,10-11,13H,4-7,9H2,(H3,16,17). The summed E-state index contributed by atoms with van der Waals surface area (Å²) in [6, 6.07) is 7.54. The van der Waals surface area contributed by atoms with Gasteiger partial charge in [0.1, 0.15) is 11.6 Å². The van der Waals surface area contributed by atoms with Crippen LogP contribution in [-0.4, -0.2) is 12.4 Å². The first-order valence-corrected chi connectivity index (χ1v) is 6.79. The molecule has 3 rings (SSSR count). The van der Waals surface area contributed by atoms with E-state index in [1.54, 1.807) is 0 Å². The number of hydrogen-bond acceptors (Lipinski definition) is 2. The lowest BCUT2D eigenvalue weighted by atomic mass is 9.89. The molecule has 2 saturated carbocycles. The van der Waals surface area contributed by atoms with E-state index >= 15 is 0 Å². The number of fused-ring (bicyclic) bond motifs is 2. The first-order chi connectivity index (χ1) is 8.72. The molecule has 0 aromatic heterocycles. The number of amidine groups is 1. The summed E-state index contributed by atoms with van der Waals surface area (Å²) in [5.41, 5.74) is 6.21. The van der Waals surface area contributed by atoms with Crippen LogP contribution in [0.25, 0.3) is 0 Å². The van der Waals surface area contributed by atoms with E-state index in [0.717, 1.165) is 35.7 Å². The number of hydrogen-bond donors (Lipinski definition) is 2. The lowest BCUT2D eigenvalue weighted by Gasteiger charge is -2.21. The van der Waals surface area contributed by atoms with Gasteiger partial charge >= 0.3 is 0 Å². The van der Waals surface area contributed by atoms with Gasteiger partial charge in [0.2, 0.25) is 0 Å². The molecule has 0 radical (unpaired) electrons. The van der Waals surface area contributed by atoms with Crippen molar-refractivity contribution in [1.82, 2.24) is 0 Å². The van der Waals surface area contributed by atoms with E-state index in [9.17, 15) is 0 Å². The van der Waals surface area contributed by atoms with Crippen LogP contribution in [0.5, 0.6) is 5.75 Å². The van der Waals surface area contributed by atoms with E-state index in [1.807, 2.05) is 24.3 Å². The average Bonchev–Trinajstić information content (AvgIpc) is 2.99. The quantitative estimate of drug-likeness (QED) is 0.632. The fourth-order valence-electron chi connectivity index (χ4n) is 3.54. The van der Waals surface area contributed by atoms with Crippen molar-refractivity contribution in [3.05, 3.63) is 29.8 Å². The Morgan fingerprint density at radius 1 is 1.33 bits per heavy atom. The van der Waals surface area contributed by atoms with E-state index in [-0.39, 0.29) is 5.84 Å². The number of nitrogens with two attached hydrogens (primary N) is 1. The van der Waals surface area contributed by atoms with Crippen molar-refractivity contribution < 1.29 is 4.74 Å². The third-order valence-corrected chi connectivity index (χ3v) is 4.49. The summed E-state index contributed by atoms with van der Waals surface area (Å²) in [5, 5.41) is 7.42. The molecule has 3 unspecified atom stereocenters. The molecule has 2 aliphatic carbocycles. The second-order valence-corrected chi connectivity index (χ2v) is 5.69. The maximum absolute atomic E-state index is 7.42. The Morgan fingerprint density at radius 3 is 2.89 bits per heavy atom. The number of rotatable bonds is 4. The Morgan fingerprint density at radius 2 is 2.22 bits per heavy atom. The third-order valence-electron chi connectivity index (χ3n) is 4.49. The topological polar surface area (TPSA) is 59.1 Å². The van der Waals surface area contributed by atoms with Crippen molar-refractivity contribution in [2.24, 2.45) is 23.5 Å².